The van der Waals surface area contributed by atoms with Gasteiger partial charge in [0, 0.05) is 11.8 Å². The van der Waals surface area contributed by atoms with Crippen LogP contribution < -0.4 is 5.32 Å². The van der Waals surface area contributed by atoms with E-state index in [1.165, 1.54) is 18.5 Å². The fourth-order valence-electron chi connectivity index (χ4n) is 1.08. The van der Waals surface area contributed by atoms with Gasteiger partial charge in [0.2, 0.25) is 0 Å². The van der Waals surface area contributed by atoms with Gasteiger partial charge in [0.1, 0.15) is 22.6 Å². The molecule has 0 bridgehead atoms. The van der Waals surface area contributed by atoms with Crippen LogP contribution in [0.1, 0.15) is 0 Å². The van der Waals surface area contributed by atoms with Crippen molar-refractivity contribution in [2.45, 2.75) is 0 Å². The fraction of sp³-hybridized carbons (Fsp3) is 0. The van der Waals surface area contributed by atoms with Gasteiger partial charge in [-0.05, 0) is 40.2 Å². The predicted molar refractivity (Wildman–Crippen MR) is 59.4 cm³/mol. The fourth-order valence-corrected chi connectivity index (χ4v) is 1.39. The van der Waals surface area contributed by atoms with Crippen molar-refractivity contribution in [3.05, 3.63) is 47.1 Å². The van der Waals surface area contributed by atoms with Gasteiger partial charge < -0.3 is 5.32 Å². The summed E-state index contributed by atoms with van der Waals surface area (Å²) in [7, 11) is 0. The van der Waals surface area contributed by atoms with Crippen LogP contribution in [0, 0.1) is 5.82 Å². The monoisotopic (exact) mass is 267 g/mol. The van der Waals surface area contributed by atoms with E-state index in [4.69, 9.17) is 0 Å². The van der Waals surface area contributed by atoms with E-state index in [2.05, 4.69) is 31.2 Å². The molecule has 1 aromatic heterocycles. The van der Waals surface area contributed by atoms with Crippen LogP contribution in [-0.4, -0.2) is 9.97 Å². The summed E-state index contributed by atoms with van der Waals surface area (Å²) in [5.41, 5.74) is 0.780. The largest absolute Gasteiger partial charge is 0.340 e. The Morgan fingerprint density at radius 3 is 2.53 bits per heavy atom. The van der Waals surface area contributed by atoms with Gasteiger partial charge in [0.05, 0.1) is 0 Å². The highest BCUT2D eigenvalue weighted by Crippen LogP contribution is 2.16. The maximum absolute atomic E-state index is 12.6. The molecule has 1 heterocycles. The third-order valence-corrected chi connectivity index (χ3v) is 2.18. The highest BCUT2D eigenvalue weighted by molar-refractivity contribution is 9.10. The van der Waals surface area contributed by atoms with Gasteiger partial charge in [0.25, 0.3) is 0 Å². The molecule has 0 fully saturated rings. The van der Waals surface area contributed by atoms with Crippen LogP contribution in [-0.2, 0) is 0 Å². The quantitative estimate of drug-likeness (QED) is 0.850. The number of nitrogens with one attached hydrogen (secondary N) is 1. The summed E-state index contributed by atoms with van der Waals surface area (Å²) >= 11 is 3.24. The van der Waals surface area contributed by atoms with E-state index in [9.17, 15) is 4.39 Å². The lowest BCUT2D eigenvalue weighted by Crippen LogP contribution is -1.93. The Morgan fingerprint density at radius 2 is 1.87 bits per heavy atom. The number of aromatic nitrogens is 2. The average molecular weight is 268 g/mol. The van der Waals surface area contributed by atoms with E-state index in [1.54, 1.807) is 18.2 Å². The van der Waals surface area contributed by atoms with Crippen LogP contribution in [0.25, 0.3) is 0 Å². The number of halogens is 2. The molecule has 0 aliphatic rings. The second kappa shape index (κ2) is 4.35. The third kappa shape index (κ3) is 2.73. The molecule has 0 saturated carbocycles. The summed E-state index contributed by atoms with van der Waals surface area (Å²) in [6.45, 7) is 0. The molecule has 0 aliphatic heterocycles. The molecule has 0 saturated heterocycles. The van der Waals surface area contributed by atoms with Crippen molar-refractivity contribution in [2.24, 2.45) is 0 Å². The Morgan fingerprint density at radius 1 is 1.13 bits per heavy atom. The van der Waals surface area contributed by atoms with Crippen LogP contribution in [0.2, 0.25) is 0 Å². The first-order chi connectivity index (χ1) is 7.24. The van der Waals surface area contributed by atoms with Crippen molar-refractivity contribution in [1.82, 2.24) is 9.97 Å². The van der Waals surface area contributed by atoms with Gasteiger partial charge in [-0.1, -0.05) is 0 Å². The molecule has 1 aromatic carbocycles. The molecular weight excluding hydrogens is 261 g/mol. The van der Waals surface area contributed by atoms with Crippen molar-refractivity contribution in [1.29, 1.82) is 0 Å². The minimum Gasteiger partial charge on any atom is -0.340 e. The van der Waals surface area contributed by atoms with Gasteiger partial charge in [-0.15, -0.1) is 0 Å². The molecule has 0 radical (unpaired) electrons. The number of nitrogens with zero attached hydrogens (tertiary/aromatic N) is 2. The normalized spacial score (nSPS) is 10.0. The van der Waals surface area contributed by atoms with E-state index < -0.39 is 0 Å². The number of anilines is 2. The molecule has 15 heavy (non-hydrogen) atoms. The first-order valence-electron chi connectivity index (χ1n) is 4.24. The van der Waals surface area contributed by atoms with E-state index >= 15 is 0 Å². The minimum atomic E-state index is -0.260. The lowest BCUT2D eigenvalue weighted by Gasteiger charge is -2.04. The summed E-state index contributed by atoms with van der Waals surface area (Å²) in [4.78, 5) is 7.91. The van der Waals surface area contributed by atoms with Crippen molar-refractivity contribution < 1.29 is 4.39 Å². The minimum absolute atomic E-state index is 0.260. The zero-order chi connectivity index (χ0) is 10.7. The Kier molecular flexibility index (Phi) is 2.91. The van der Waals surface area contributed by atoms with Crippen LogP contribution in [0.15, 0.2) is 41.3 Å². The van der Waals surface area contributed by atoms with Gasteiger partial charge in [-0.3, -0.25) is 0 Å². The summed E-state index contributed by atoms with van der Waals surface area (Å²) in [5.74, 6) is 0.396. The van der Waals surface area contributed by atoms with Crippen LogP contribution in [0.5, 0.6) is 0 Å². The number of hydrogen-bond donors (Lipinski definition) is 1. The van der Waals surface area contributed by atoms with Crippen molar-refractivity contribution in [2.75, 3.05) is 5.32 Å². The second-order valence-electron chi connectivity index (χ2n) is 2.86. The lowest BCUT2D eigenvalue weighted by molar-refractivity contribution is 0.628. The molecule has 0 atom stereocenters. The lowest BCUT2D eigenvalue weighted by atomic mass is 10.3. The molecule has 0 spiro atoms. The Balaban J connectivity index is 2.18. The van der Waals surface area contributed by atoms with E-state index in [-0.39, 0.29) is 5.82 Å². The van der Waals surface area contributed by atoms with Gasteiger partial charge in [0.15, 0.2) is 0 Å². The zero-order valence-corrected chi connectivity index (χ0v) is 9.20. The predicted octanol–water partition coefficient (Wildman–Crippen LogP) is 3.12. The number of benzene rings is 1. The molecule has 2 rings (SSSR count). The summed E-state index contributed by atoms with van der Waals surface area (Å²) < 4.78 is 13.3. The summed E-state index contributed by atoms with van der Waals surface area (Å²) in [6, 6.07) is 7.80. The van der Waals surface area contributed by atoms with Gasteiger partial charge >= 0.3 is 0 Å². The highest BCUT2D eigenvalue weighted by atomic mass is 79.9. The van der Waals surface area contributed by atoms with E-state index in [1.807, 2.05) is 0 Å². The first kappa shape index (κ1) is 10.0. The number of hydrogen-bond acceptors (Lipinski definition) is 3. The maximum Gasteiger partial charge on any atom is 0.134 e. The molecule has 0 aliphatic carbocycles. The smallest absolute Gasteiger partial charge is 0.134 e. The number of rotatable bonds is 2. The standard InChI is InChI=1S/C10H7BrFN3/c11-9-5-10(14-6-13-9)15-8-3-1-7(12)2-4-8/h1-6H,(H,13,14,15). The molecule has 0 amide bonds. The second-order valence-corrected chi connectivity index (χ2v) is 3.67. The maximum atomic E-state index is 12.6. The molecule has 0 unspecified atom stereocenters. The zero-order valence-electron chi connectivity index (χ0n) is 7.61. The van der Waals surface area contributed by atoms with E-state index in [0.717, 1.165) is 5.69 Å². The van der Waals surface area contributed by atoms with Crippen molar-refractivity contribution in [3.8, 4) is 0 Å². The Hall–Kier alpha value is -1.49. The average Bonchev–Trinajstić information content (AvgIpc) is 2.22. The Labute approximate surface area is 94.5 Å². The van der Waals surface area contributed by atoms with Gasteiger partial charge in [-0.25, -0.2) is 14.4 Å². The summed E-state index contributed by atoms with van der Waals surface area (Å²) in [6.07, 6.45) is 1.44. The highest BCUT2D eigenvalue weighted by Gasteiger charge is 1.97. The molecule has 2 aromatic rings. The molecule has 1 N–H and O–H groups in total. The molecular formula is C10H7BrFN3. The SMILES string of the molecule is Fc1ccc(Nc2cc(Br)ncn2)cc1. The van der Waals surface area contributed by atoms with Crippen LogP contribution in [0.4, 0.5) is 15.9 Å². The third-order valence-electron chi connectivity index (χ3n) is 1.75. The summed E-state index contributed by atoms with van der Waals surface area (Å²) in [5, 5.41) is 3.02. The van der Waals surface area contributed by atoms with E-state index in [0.29, 0.717) is 10.4 Å². The van der Waals surface area contributed by atoms with Crippen LogP contribution in [0.3, 0.4) is 0 Å². The van der Waals surface area contributed by atoms with Crippen LogP contribution >= 0.6 is 15.9 Å². The van der Waals surface area contributed by atoms with Crippen molar-refractivity contribution in [3.63, 3.8) is 0 Å². The van der Waals surface area contributed by atoms with Crippen molar-refractivity contribution >= 4 is 27.4 Å². The molecule has 5 heteroatoms. The molecule has 3 nitrogen and oxygen atoms in total. The Bertz CT molecular complexity index is 458. The topological polar surface area (TPSA) is 37.8 Å². The molecule has 76 valence electrons. The van der Waals surface area contributed by atoms with Gasteiger partial charge in [-0.2, -0.15) is 0 Å². The first-order valence-corrected chi connectivity index (χ1v) is 5.03.